The lowest BCUT2D eigenvalue weighted by Gasteiger charge is -2.31. The second-order valence-electron chi connectivity index (χ2n) is 5.72. The van der Waals surface area contributed by atoms with Crippen molar-refractivity contribution < 1.29 is 9.53 Å². The molecule has 0 radical (unpaired) electrons. The van der Waals surface area contributed by atoms with E-state index in [0.29, 0.717) is 18.7 Å². The van der Waals surface area contributed by atoms with Crippen LogP contribution in [0.2, 0.25) is 0 Å². The fraction of sp³-hybridized carbons (Fsp3) is 0.929. The van der Waals surface area contributed by atoms with Crippen molar-refractivity contribution >= 4 is 5.97 Å². The van der Waals surface area contributed by atoms with Crippen molar-refractivity contribution in [3.05, 3.63) is 0 Å². The molecule has 1 heterocycles. The van der Waals surface area contributed by atoms with Gasteiger partial charge in [0, 0.05) is 12.1 Å². The average Bonchev–Trinajstić information content (AvgIpc) is 2.96. The average molecular weight is 254 g/mol. The van der Waals surface area contributed by atoms with Gasteiger partial charge in [-0.1, -0.05) is 6.92 Å². The number of rotatable bonds is 4. The van der Waals surface area contributed by atoms with E-state index in [1.54, 1.807) is 0 Å². The number of carbonyl (C=O) groups is 1. The topological polar surface area (TPSA) is 55.6 Å². The summed E-state index contributed by atoms with van der Waals surface area (Å²) >= 11 is 0. The number of likely N-dealkylation sites (tertiary alicyclic amines) is 1. The molecular formula is C14H26N2O2. The van der Waals surface area contributed by atoms with Gasteiger partial charge >= 0.3 is 5.97 Å². The third-order valence-electron chi connectivity index (χ3n) is 4.57. The summed E-state index contributed by atoms with van der Waals surface area (Å²) in [6.45, 7) is 5.67. The Kier molecular flexibility index (Phi) is 4.28. The molecule has 0 bridgehead atoms. The van der Waals surface area contributed by atoms with Crippen LogP contribution >= 0.6 is 0 Å². The maximum absolute atomic E-state index is 11.9. The molecule has 3 atom stereocenters. The van der Waals surface area contributed by atoms with E-state index in [1.165, 1.54) is 25.8 Å². The van der Waals surface area contributed by atoms with Gasteiger partial charge in [-0.3, -0.25) is 9.69 Å². The maximum atomic E-state index is 11.9. The Morgan fingerprint density at radius 1 is 1.44 bits per heavy atom. The quantitative estimate of drug-likeness (QED) is 0.775. The third-order valence-corrected chi connectivity index (χ3v) is 4.57. The molecule has 1 aliphatic carbocycles. The standard InChI is InChI=1S/C14H26N2O2/c1-3-11-6-5-9-16(11)12-7-8-14(15,10-12)13(17)18-4-2/h11-12H,3-10,15H2,1-2H3. The molecule has 3 unspecified atom stereocenters. The van der Waals surface area contributed by atoms with Gasteiger partial charge in [0.05, 0.1) is 6.61 Å². The number of ether oxygens (including phenoxy) is 1. The first-order chi connectivity index (χ1) is 8.60. The Bertz CT molecular complexity index is 308. The van der Waals surface area contributed by atoms with Gasteiger partial charge in [-0.2, -0.15) is 0 Å². The molecule has 4 nitrogen and oxygen atoms in total. The lowest BCUT2D eigenvalue weighted by Crippen LogP contribution is -2.49. The smallest absolute Gasteiger partial charge is 0.326 e. The summed E-state index contributed by atoms with van der Waals surface area (Å²) < 4.78 is 5.11. The van der Waals surface area contributed by atoms with Gasteiger partial charge in [0.15, 0.2) is 0 Å². The van der Waals surface area contributed by atoms with Crippen molar-refractivity contribution in [2.75, 3.05) is 13.2 Å². The molecule has 2 aliphatic rings. The fourth-order valence-corrected chi connectivity index (χ4v) is 3.57. The Balaban J connectivity index is 1.97. The molecule has 2 fully saturated rings. The van der Waals surface area contributed by atoms with E-state index in [4.69, 9.17) is 10.5 Å². The fourth-order valence-electron chi connectivity index (χ4n) is 3.57. The van der Waals surface area contributed by atoms with E-state index < -0.39 is 5.54 Å². The van der Waals surface area contributed by atoms with Crippen LogP contribution in [0.4, 0.5) is 0 Å². The van der Waals surface area contributed by atoms with E-state index in [2.05, 4.69) is 11.8 Å². The molecule has 0 spiro atoms. The van der Waals surface area contributed by atoms with Crippen molar-refractivity contribution in [3.63, 3.8) is 0 Å². The third kappa shape index (κ3) is 2.54. The van der Waals surface area contributed by atoms with Crippen molar-refractivity contribution in [1.82, 2.24) is 4.90 Å². The van der Waals surface area contributed by atoms with E-state index in [0.717, 1.165) is 19.3 Å². The van der Waals surface area contributed by atoms with E-state index in [1.807, 2.05) is 6.92 Å². The predicted molar refractivity (Wildman–Crippen MR) is 71.2 cm³/mol. The highest BCUT2D eigenvalue weighted by Gasteiger charge is 2.46. The summed E-state index contributed by atoms with van der Waals surface area (Å²) in [6.07, 6.45) is 6.35. The Labute approximate surface area is 110 Å². The summed E-state index contributed by atoms with van der Waals surface area (Å²) in [6, 6.07) is 1.17. The molecule has 18 heavy (non-hydrogen) atoms. The van der Waals surface area contributed by atoms with E-state index in [9.17, 15) is 4.79 Å². The molecule has 4 heteroatoms. The van der Waals surface area contributed by atoms with Gasteiger partial charge in [0.2, 0.25) is 0 Å². The predicted octanol–water partition coefficient (Wildman–Crippen LogP) is 1.67. The SMILES string of the molecule is CCOC(=O)C1(N)CCC(N2CCCC2CC)C1. The summed E-state index contributed by atoms with van der Waals surface area (Å²) in [5.41, 5.74) is 5.50. The highest BCUT2D eigenvalue weighted by molar-refractivity contribution is 5.81. The Hall–Kier alpha value is -0.610. The van der Waals surface area contributed by atoms with Crippen LogP contribution in [0.3, 0.4) is 0 Å². The first-order valence-corrected chi connectivity index (χ1v) is 7.32. The Morgan fingerprint density at radius 2 is 2.22 bits per heavy atom. The van der Waals surface area contributed by atoms with Crippen LogP contribution < -0.4 is 5.73 Å². The van der Waals surface area contributed by atoms with Crippen LogP contribution in [0, 0.1) is 0 Å². The summed E-state index contributed by atoms with van der Waals surface area (Å²) in [5, 5.41) is 0. The molecule has 0 aromatic rings. The van der Waals surface area contributed by atoms with Crippen LogP contribution in [-0.4, -0.2) is 41.6 Å². The number of esters is 1. The van der Waals surface area contributed by atoms with Gasteiger partial charge in [-0.05, 0) is 52.0 Å². The van der Waals surface area contributed by atoms with Crippen molar-refractivity contribution in [1.29, 1.82) is 0 Å². The molecule has 104 valence electrons. The molecular weight excluding hydrogens is 228 g/mol. The van der Waals surface area contributed by atoms with Crippen LogP contribution in [0.1, 0.15) is 52.4 Å². The minimum Gasteiger partial charge on any atom is -0.465 e. The number of hydrogen-bond donors (Lipinski definition) is 1. The van der Waals surface area contributed by atoms with Gasteiger partial charge in [-0.15, -0.1) is 0 Å². The maximum Gasteiger partial charge on any atom is 0.326 e. The summed E-state index contributed by atoms with van der Waals surface area (Å²) in [4.78, 5) is 14.5. The summed E-state index contributed by atoms with van der Waals surface area (Å²) in [5.74, 6) is -0.209. The first-order valence-electron chi connectivity index (χ1n) is 7.32. The number of nitrogens with two attached hydrogens (primary N) is 1. The molecule has 2 rings (SSSR count). The van der Waals surface area contributed by atoms with Gasteiger partial charge in [0.1, 0.15) is 5.54 Å². The minimum absolute atomic E-state index is 0.209. The zero-order valence-corrected chi connectivity index (χ0v) is 11.7. The minimum atomic E-state index is -0.735. The van der Waals surface area contributed by atoms with Crippen LogP contribution in [-0.2, 0) is 9.53 Å². The molecule has 1 saturated heterocycles. The number of nitrogens with zero attached hydrogens (tertiary/aromatic N) is 1. The van der Waals surface area contributed by atoms with Gasteiger partial charge in [-0.25, -0.2) is 0 Å². The highest BCUT2D eigenvalue weighted by atomic mass is 16.5. The highest BCUT2D eigenvalue weighted by Crippen LogP contribution is 2.36. The Morgan fingerprint density at radius 3 is 2.89 bits per heavy atom. The second kappa shape index (κ2) is 5.57. The van der Waals surface area contributed by atoms with Crippen molar-refractivity contribution in [3.8, 4) is 0 Å². The lowest BCUT2D eigenvalue weighted by atomic mass is 9.99. The second-order valence-corrected chi connectivity index (χ2v) is 5.72. The van der Waals surface area contributed by atoms with Crippen molar-refractivity contribution in [2.24, 2.45) is 5.73 Å². The normalized spacial score (nSPS) is 37.1. The van der Waals surface area contributed by atoms with Gasteiger partial charge < -0.3 is 10.5 Å². The van der Waals surface area contributed by atoms with Crippen LogP contribution in [0.25, 0.3) is 0 Å². The zero-order chi connectivity index (χ0) is 13.2. The van der Waals surface area contributed by atoms with Crippen LogP contribution in [0.5, 0.6) is 0 Å². The van der Waals surface area contributed by atoms with Gasteiger partial charge in [0.25, 0.3) is 0 Å². The lowest BCUT2D eigenvalue weighted by molar-refractivity contribution is -0.149. The van der Waals surface area contributed by atoms with Crippen LogP contribution in [0.15, 0.2) is 0 Å². The summed E-state index contributed by atoms with van der Waals surface area (Å²) in [7, 11) is 0. The molecule has 1 saturated carbocycles. The molecule has 2 N–H and O–H groups in total. The largest absolute Gasteiger partial charge is 0.465 e. The zero-order valence-electron chi connectivity index (χ0n) is 11.7. The number of carbonyl (C=O) groups excluding carboxylic acids is 1. The molecule has 0 aromatic carbocycles. The first kappa shape index (κ1) is 13.8. The molecule has 0 aromatic heterocycles. The molecule has 1 aliphatic heterocycles. The molecule has 0 amide bonds. The monoisotopic (exact) mass is 254 g/mol. The van der Waals surface area contributed by atoms with E-state index in [-0.39, 0.29) is 5.97 Å². The van der Waals surface area contributed by atoms with E-state index >= 15 is 0 Å². The number of hydrogen-bond acceptors (Lipinski definition) is 4. The van der Waals surface area contributed by atoms with Crippen molar-refractivity contribution in [2.45, 2.75) is 70.0 Å².